The van der Waals surface area contributed by atoms with Gasteiger partial charge in [0.1, 0.15) is 12.6 Å². The van der Waals surface area contributed by atoms with Gasteiger partial charge in [0.2, 0.25) is 5.91 Å². The van der Waals surface area contributed by atoms with Gasteiger partial charge in [0, 0.05) is 22.6 Å². The lowest BCUT2D eigenvalue weighted by Gasteiger charge is -2.36. The number of rotatable bonds is 11. The number of thioether (sulfide) groups is 1. The second-order valence-electron chi connectivity index (χ2n) is 11.6. The molecule has 2 saturated heterocycles. The topological polar surface area (TPSA) is 152 Å². The fraction of sp³-hybridized carbons (Fsp3) is 0.243. The number of nitrogens with one attached hydrogen (secondary N) is 1. The highest BCUT2D eigenvalue weighted by molar-refractivity contribution is 7.99. The lowest BCUT2D eigenvalue weighted by atomic mass is 10.0. The van der Waals surface area contributed by atoms with Crippen LogP contribution in [0.15, 0.2) is 108 Å². The summed E-state index contributed by atoms with van der Waals surface area (Å²) in [6.07, 6.45) is -1.95. The molecule has 6 rings (SSSR count). The molecule has 0 radical (unpaired) electrons. The summed E-state index contributed by atoms with van der Waals surface area (Å²) in [5, 5.41) is 21.2. The van der Waals surface area contributed by atoms with Gasteiger partial charge >= 0.3 is 12.1 Å². The summed E-state index contributed by atoms with van der Waals surface area (Å²) in [6, 6.07) is 29.0. The standard InChI is InChI=1S/C37H34N2O9S/c40-20-23-9-11-25(12-10-23)32-18-29(22-49-30-15-13-26(14-16-30)35(43)44)47-36(48-32)27-7-4-8-28(17-27)39-33(41)19-31(34(39)42)38-37(45)46-21-24-5-2-1-3-6-24/h1-17,29,31-32,36,40H,18-22H2,(H,38,45)(H,43,44)/t29-,31?,32+,36+/m0/s1. The van der Waals surface area contributed by atoms with Gasteiger partial charge < -0.3 is 29.7 Å². The molecule has 2 fully saturated rings. The molecule has 252 valence electrons. The lowest BCUT2D eigenvalue weighted by Crippen LogP contribution is -2.42. The number of imide groups is 1. The van der Waals surface area contributed by atoms with Crippen molar-refractivity contribution in [2.45, 2.75) is 55.5 Å². The maximum absolute atomic E-state index is 13.4. The Hall–Kier alpha value is -5.01. The zero-order valence-corrected chi connectivity index (χ0v) is 27.1. The zero-order chi connectivity index (χ0) is 34.3. The molecule has 2 heterocycles. The Morgan fingerprint density at radius 1 is 0.878 bits per heavy atom. The number of carboxylic acid groups (broad SMARTS) is 1. The molecule has 0 saturated carbocycles. The Kier molecular flexibility index (Phi) is 10.7. The molecular formula is C37H34N2O9S. The minimum Gasteiger partial charge on any atom is -0.478 e. The molecule has 0 aliphatic carbocycles. The Morgan fingerprint density at radius 3 is 2.35 bits per heavy atom. The maximum atomic E-state index is 13.4. The summed E-state index contributed by atoms with van der Waals surface area (Å²) in [4.78, 5) is 52.0. The van der Waals surface area contributed by atoms with Crippen molar-refractivity contribution in [2.75, 3.05) is 10.7 Å². The van der Waals surface area contributed by atoms with Crippen LogP contribution in [-0.2, 0) is 37.0 Å². The van der Waals surface area contributed by atoms with Gasteiger partial charge in [-0.1, -0.05) is 66.7 Å². The number of amides is 3. The molecule has 11 nitrogen and oxygen atoms in total. The average molecular weight is 683 g/mol. The molecule has 3 amide bonds. The Morgan fingerprint density at radius 2 is 1.63 bits per heavy atom. The van der Waals surface area contributed by atoms with Crippen LogP contribution in [0.1, 0.15) is 57.8 Å². The molecule has 12 heteroatoms. The summed E-state index contributed by atoms with van der Waals surface area (Å²) in [5.74, 6) is -1.48. The minimum atomic E-state index is -1.07. The van der Waals surface area contributed by atoms with Crippen molar-refractivity contribution in [3.63, 3.8) is 0 Å². The highest BCUT2D eigenvalue weighted by Gasteiger charge is 2.41. The van der Waals surface area contributed by atoms with Crippen LogP contribution in [0, 0.1) is 0 Å². The van der Waals surface area contributed by atoms with Gasteiger partial charge in [0.15, 0.2) is 6.29 Å². The van der Waals surface area contributed by atoms with Crippen molar-refractivity contribution >= 4 is 41.3 Å². The van der Waals surface area contributed by atoms with Crippen molar-refractivity contribution in [3.05, 3.63) is 131 Å². The zero-order valence-electron chi connectivity index (χ0n) is 26.3. The second-order valence-corrected chi connectivity index (χ2v) is 12.7. The number of aromatic carboxylic acids is 1. The first-order valence-corrected chi connectivity index (χ1v) is 16.7. The average Bonchev–Trinajstić information content (AvgIpc) is 3.41. The highest BCUT2D eigenvalue weighted by Crippen LogP contribution is 2.40. The number of carbonyl (C=O) groups is 4. The van der Waals surface area contributed by atoms with E-state index in [1.807, 2.05) is 54.6 Å². The molecule has 3 N–H and O–H groups in total. The third-order valence-corrected chi connectivity index (χ3v) is 9.35. The number of carbonyl (C=O) groups excluding carboxylic acids is 3. The SMILES string of the molecule is O=C(NC1CC(=O)N(c2cccc([C@@H]3O[C@H](CSc4ccc(C(=O)O)cc4)C[C@H](c4ccc(CO)cc4)O3)c2)C1=O)OCc1ccccc1. The first-order chi connectivity index (χ1) is 23.8. The Labute approximate surface area is 286 Å². The smallest absolute Gasteiger partial charge is 0.408 e. The van der Waals surface area contributed by atoms with Crippen LogP contribution >= 0.6 is 11.8 Å². The molecule has 4 aromatic rings. The molecule has 4 aromatic carbocycles. The summed E-state index contributed by atoms with van der Waals surface area (Å²) in [7, 11) is 0. The molecule has 49 heavy (non-hydrogen) atoms. The fourth-order valence-corrected chi connectivity index (χ4v) is 6.56. The number of hydrogen-bond donors (Lipinski definition) is 3. The molecule has 2 aliphatic rings. The van der Waals surface area contributed by atoms with E-state index in [2.05, 4.69) is 5.32 Å². The van der Waals surface area contributed by atoms with Gasteiger partial charge in [0.25, 0.3) is 5.91 Å². The molecule has 1 unspecified atom stereocenters. The van der Waals surface area contributed by atoms with Crippen LogP contribution in [0.2, 0.25) is 0 Å². The first kappa shape index (κ1) is 33.9. The Bertz CT molecular complexity index is 1800. The number of aliphatic hydroxyl groups is 1. The lowest BCUT2D eigenvalue weighted by molar-refractivity contribution is -0.245. The van der Waals surface area contributed by atoms with Gasteiger partial charge in [-0.25, -0.2) is 14.5 Å². The van der Waals surface area contributed by atoms with E-state index in [1.54, 1.807) is 48.5 Å². The van der Waals surface area contributed by atoms with Crippen molar-refractivity contribution in [1.29, 1.82) is 0 Å². The van der Waals surface area contributed by atoms with E-state index in [1.165, 1.54) is 11.8 Å². The largest absolute Gasteiger partial charge is 0.478 e. The summed E-state index contributed by atoms with van der Waals surface area (Å²) in [5.41, 5.74) is 3.58. The van der Waals surface area contributed by atoms with E-state index in [4.69, 9.17) is 14.2 Å². The van der Waals surface area contributed by atoms with Crippen LogP contribution in [-0.4, -0.2) is 52.0 Å². The number of ether oxygens (including phenoxy) is 3. The number of alkyl carbamates (subject to hydrolysis) is 1. The molecule has 0 spiro atoms. The van der Waals surface area contributed by atoms with Crippen molar-refractivity contribution in [3.8, 4) is 0 Å². The highest BCUT2D eigenvalue weighted by atomic mass is 32.2. The maximum Gasteiger partial charge on any atom is 0.408 e. The van der Waals surface area contributed by atoms with E-state index < -0.39 is 36.2 Å². The molecule has 2 aliphatic heterocycles. The van der Waals surface area contributed by atoms with E-state index >= 15 is 0 Å². The van der Waals surface area contributed by atoms with E-state index in [9.17, 15) is 29.4 Å². The normalized spacial score (nSPS) is 20.6. The van der Waals surface area contributed by atoms with E-state index in [-0.39, 0.29) is 37.4 Å². The van der Waals surface area contributed by atoms with E-state index in [0.29, 0.717) is 23.4 Å². The van der Waals surface area contributed by atoms with Crippen LogP contribution in [0.4, 0.5) is 10.5 Å². The van der Waals surface area contributed by atoms with Crippen LogP contribution in [0.25, 0.3) is 0 Å². The van der Waals surface area contributed by atoms with Crippen LogP contribution < -0.4 is 10.2 Å². The quantitative estimate of drug-likeness (QED) is 0.131. The fourth-order valence-electron chi connectivity index (χ4n) is 5.64. The molecular weight excluding hydrogens is 648 g/mol. The molecule has 4 atom stereocenters. The predicted octanol–water partition coefficient (Wildman–Crippen LogP) is 5.77. The summed E-state index contributed by atoms with van der Waals surface area (Å²) >= 11 is 1.53. The van der Waals surface area contributed by atoms with Crippen molar-refractivity contribution < 1.29 is 43.6 Å². The number of anilines is 1. The van der Waals surface area contributed by atoms with Gasteiger partial charge in [-0.05, 0) is 53.1 Å². The number of carboxylic acids is 1. The van der Waals surface area contributed by atoms with Gasteiger partial charge in [-0.2, -0.15) is 0 Å². The third kappa shape index (κ3) is 8.35. The predicted molar refractivity (Wildman–Crippen MR) is 180 cm³/mol. The number of benzene rings is 4. The number of nitrogens with zero attached hydrogens (tertiary/aromatic N) is 1. The minimum absolute atomic E-state index is 0.0255. The van der Waals surface area contributed by atoms with Crippen LogP contribution in [0.5, 0.6) is 0 Å². The van der Waals surface area contributed by atoms with Crippen molar-refractivity contribution in [1.82, 2.24) is 5.32 Å². The Balaban J connectivity index is 1.16. The monoisotopic (exact) mass is 682 g/mol. The van der Waals surface area contributed by atoms with Gasteiger partial charge in [0.05, 0.1) is 36.5 Å². The summed E-state index contributed by atoms with van der Waals surface area (Å²) in [6.45, 7) is -0.0544. The first-order valence-electron chi connectivity index (χ1n) is 15.7. The second kappa shape index (κ2) is 15.5. The summed E-state index contributed by atoms with van der Waals surface area (Å²) < 4.78 is 18.1. The van der Waals surface area contributed by atoms with Gasteiger partial charge in [-0.3, -0.25) is 9.59 Å². The third-order valence-electron chi connectivity index (χ3n) is 8.20. The number of hydrogen-bond acceptors (Lipinski definition) is 9. The number of aliphatic hydroxyl groups excluding tert-OH is 1. The van der Waals surface area contributed by atoms with Crippen LogP contribution in [0.3, 0.4) is 0 Å². The van der Waals surface area contributed by atoms with E-state index in [0.717, 1.165) is 26.5 Å². The molecule has 0 aromatic heterocycles. The molecule has 0 bridgehead atoms. The van der Waals surface area contributed by atoms with Crippen molar-refractivity contribution in [2.24, 2.45) is 0 Å². The van der Waals surface area contributed by atoms with Gasteiger partial charge in [-0.15, -0.1) is 11.8 Å².